The van der Waals surface area contributed by atoms with Crippen LogP contribution in [0, 0.1) is 5.92 Å². The van der Waals surface area contributed by atoms with Gasteiger partial charge in [-0.2, -0.15) is 4.31 Å². The second-order valence-electron chi connectivity index (χ2n) is 8.80. The SMILES string of the molecule is CC(C)CN(C(C)c1ccc(-c2ccc(S(C)(=O)=O)cc2)cc1)S(=O)(=O)Cc1ccccc1. The van der Waals surface area contributed by atoms with E-state index >= 15 is 0 Å². The standard InChI is InChI=1S/C26H31NO4S2/c1-20(2)18-27(33(30,31)19-22-8-6-5-7-9-22)21(3)23-10-12-24(13-11-23)25-14-16-26(17-15-25)32(4,28)29/h5-17,20-21H,18-19H2,1-4H3. The Hall–Kier alpha value is -2.48. The van der Waals surface area contributed by atoms with E-state index in [1.165, 1.54) is 6.26 Å². The molecule has 0 spiro atoms. The number of sulfone groups is 1. The Morgan fingerprint density at radius 2 is 1.24 bits per heavy atom. The molecule has 0 aliphatic heterocycles. The maximum atomic E-state index is 13.3. The first-order valence-corrected chi connectivity index (χ1v) is 14.4. The molecule has 7 heteroatoms. The van der Waals surface area contributed by atoms with Crippen LogP contribution in [0.4, 0.5) is 0 Å². The third-order valence-corrected chi connectivity index (χ3v) is 8.54. The predicted octanol–water partition coefficient (Wildman–Crippen LogP) is 5.31. The van der Waals surface area contributed by atoms with E-state index in [0.717, 1.165) is 22.3 Å². The number of hydrogen-bond donors (Lipinski definition) is 0. The summed E-state index contributed by atoms with van der Waals surface area (Å²) in [7, 11) is -6.76. The van der Waals surface area contributed by atoms with E-state index in [2.05, 4.69) is 0 Å². The lowest BCUT2D eigenvalue weighted by Gasteiger charge is -2.30. The van der Waals surface area contributed by atoms with Crippen molar-refractivity contribution in [1.82, 2.24) is 4.31 Å². The van der Waals surface area contributed by atoms with E-state index in [4.69, 9.17) is 0 Å². The minimum absolute atomic E-state index is 0.0321. The van der Waals surface area contributed by atoms with Gasteiger partial charge in [0.15, 0.2) is 9.84 Å². The van der Waals surface area contributed by atoms with E-state index in [0.29, 0.717) is 6.54 Å². The summed E-state index contributed by atoms with van der Waals surface area (Å²) in [4.78, 5) is 0.282. The number of rotatable bonds is 9. The van der Waals surface area contributed by atoms with E-state index in [1.54, 1.807) is 28.6 Å². The molecule has 5 nitrogen and oxygen atoms in total. The highest BCUT2D eigenvalue weighted by Gasteiger charge is 2.29. The number of hydrogen-bond acceptors (Lipinski definition) is 4. The van der Waals surface area contributed by atoms with Gasteiger partial charge in [0.05, 0.1) is 10.6 Å². The Bertz CT molecular complexity index is 1270. The van der Waals surface area contributed by atoms with Gasteiger partial charge in [-0.25, -0.2) is 16.8 Å². The second kappa shape index (κ2) is 10.2. The minimum Gasteiger partial charge on any atom is -0.224 e. The Balaban J connectivity index is 1.85. The van der Waals surface area contributed by atoms with Gasteiger partial charge >= 0.3 is 0 Å². The van der Waals surface area contributed by atoms with E-state index in [-0.39, 0.29) is 22.6 Å². The highest BCUT2D eigenvalue weighted by atomic mass is 32.2. The van der Waals surface area contributed by atoms with Crippen molar-refractivity contribution >= 4 is 19.9 Å². The monoisotopic (exact) mass is 485 g/mol. The fourth-order valence-electron chi connectivity index (χ4n) is 3.76. The van der Waals surface area contributed by atoms with Crippen molar-refractivity contribution in [2.45, 2.75) is 37.5 Å². The zero-order valence-corrected chi connectivity index (χ0v) is 21.1. The van der Waals surface area contributed by atoms with Crippen molar-refractivity contribution in [3.8, 4) is 11.1 Å². The highest BCUT2D eigenvalue weighted by Crippen LogP contribution is 2.29. The quantitative estimate of drug-likeness (QED) is 0.412. The van der Waals surface area contributed by atoms with Crippen molar-refractivity contribution in [2.24, 2.45) is 5.92 Å². The molecule has 0 bridgehead atoms. The van der Waals surface area contributed by atoms with Crippen LogP contribution >= 0.6 is 0 Å². The summed E-state index contributed by atoms with van der Waals surface area (Å²) in [6.45, 7) is 6.38. The van der Waals surface area contributed by atoms with Gasteiger partial charge in [0.1, 0.15) is 0 Å². The molecule has 0 aromatic heterocycles. The molecule has 3 aromatic rings. The molecular formula is C26H31NO4S2. The fourth-order valence-corrected chi connectivity index (χ4v) is 6.29. The van der Waals surface area contributed by atoms with Gasteiger partial charge in [0.2, 0.25) is 10.0 Å². The van der Waals surface area contributed by atoms with Crippen molar-refractivity contribution in [3.05, 3.63) is 90.0 Å². The summed E-state index contributed by atoms with van der Waals surface area (Å²) in [6, 6.07) is 23.5. The second-order valence-corrected chi connectivity index (χ2v) is 12.7. The van der Waals surface area contributed by atoms with Crippen LogP contribution in [0.15, 0.2) is 83.8 Å². The van der Waals surface area contributed by atoms with Crippen LogP contribution in [0.2, 0.25) is 0 Å². The molecule has 1 atom stereocenters. The first-order chi connectivity index (χ1) is 15.5. The number of sulfonamides is 1. The normalized spacial score (nSPS) is 13.4. The van der Waals surface area contributed by atoms with E-state index in [1.807, 2.05) is 75.4 Å². The minimum atomic E-state index is -3.52. The van der Waals surface area contributed by atoms with Crippen LogP contribution in [-0.4, -0.2) is 33.9 Å². The first kappa shape index (κ1) is 25.1. The van der Waals surface area contributed by atoms with E-state index < -0.39 is 19.9 Å². The third kappa shape index (κ3) is 6.53. The molecule has 0 saturated heterocycles. The predicted molar refractivity (Wildman–Crippen MR) is 134 cm³/mol. The maximum Gasteiger partial charge on any atom is 0.218 e. The Kier molecular flexibility index (Phi) is 7.77. The molecule has 0 radical (unpaired) electrons. The van der Waals surface area contributed by atoms with Crippen LogP contribution in [0.25, 0.3) is 11.1 Å². The molecule has 1 unspecified atom stereocenters. The molecule has 0 fully saturated rings. The smallest absolute Gasteiger partial charge is 0.218 e. The van der Waals surface area contributed by atoms with Crippen molar-refractivity contribution in [2.75, 3.05) is 12.8 Å². The van der Waals surface area contributed by atoms with Crippen LogP contribution in [-0.2, 0) is 25.6 Å². The fraction of sp³-hybridized carbons (Fsp3) is 0.308. The van der Waals surface area contributed by atoms with Gasteiger partial charge in [-0.3, -0.25) is 0 Å². The zero-order valence-electron chi connectivity index (χ0n) is 19.5. The Morgan fingerprint density at radius 1 is 0.727 bits per heavy atom. The zero-order chi connectivity index (χ0) is 24.2. The van der Waals surface area contributed by atoms with Gasteiger partial charge in [-0.1, -0.05) is 80.6 Å². The molecule has 33 heavy (non-hydrogen) atoms. The molecule has 0 heterocycles. The lowest BCUT2D eigenvalue weighted by molar-refractivity contribution is 0.308. The Labute approximate surface area is 198 Å². The maximum absolute atomic E-state index is 13.3. The van der Waals surface area contributed by atoms with Gasteiger partial charge in [-0.15, -0.1) is 0 Å². The summed E-state index contributed by atoms with van der Waals surface area (Å²) >= 11 is 0. The Morgan fingerprint density at radius 3 is 1.73 bits per heavy atom. The van der Waals surface area contributed by atoms with Gasteiger partial charge in [0, 0.05) is 18.8 Å². The summed E-state index contributed by atoms with van der Waals surface area (Å²) in [5.74, 6) is 0.154. The van der Waals surface area contributed by atoms with Crippen molar-refractivity contribution in [3.63, 3.8) is 0 Å². The summed E-state index contributed by atoms with van der Waals surface area (Å²) in [6.07, 6.45) is 1.19. The molecule has 0 N–H and O–H groups in total. The van der Waals surface area contributed by atoms with Crippen molar-refractivity contribution < 1.29 is 16.8 Å². The van der Waals surface area contributed by atoms with Crippen LogP contribution in [0.3, 0.4) is 0 Å². The topological polar surface area (TPSA) is 71.5 Å². The molecule has 3 aromatic carbocycles. The first-order valence-electron chi connectivity index (χ1n) is 10.9. The average Bonchev–Trinajstić information content (AvgIpc) is 2.77. The third-order valence-electron chi connectivity index (χ3n) is 5.54. The molecular weight excluding hydrogens is 454 g/mol. The molecule has 0 saturated carbocycles. The van der Waals surface area contributed by atoms with Crippen LogP contribution in [0.5, 0.6) is 0 Å². The lowest BCUT2D eigenvalue weighted by Crippen LogP contribution is -2.37. The van der Waals surface area contributed by atoms with Gasteiger partial charge in [0.25, 0.3) is 0 Å². The summed E-state index contributed by atoms with van der Waals surface area (Å²) < 4.78 is 51.6. The van der Waals surface area contributed by atoms with Crippen LogP contribution in [0.1, 0.15) is 37.9 Å². The molecule has 176 valence electrons. The molecule has 0 aliphatic carbocycles. The summed E-state index contributed by atoms with van der Waals surface area (Å²) in [5, 5.41) is 0. The van der Waals surface area contributed by atoms with Gasteiger partial charge in [-0.05, 0) is 47.2 Å². The number of nitrogens with zero attached hydrogens (tertiary/aromatic N) is 1. The van der Waals surface area contributed by atoms with E-state index in [9.17, 15) is 16.8 Å². The average molecular weight is 486 g/mol. The van der Waals surface area contributed by atoms with Crippen molar-refractivity contribution in [1.29, 1.82) is 0 Å². The highest BCUT2D eigenvalue weighted by molar-refractivity contribution is 7.90. The number of benzene rings is 3. The molecule has 3 rings (SSSR count). The largest absolute Gasteiger partial charge is 0.224 e. The molecule has 0 aliphatic rings. The lowest BCUT2D eigenvalue weighted by atomic mass is 10.0. The van der Waals surface area contributed by atoms with Gasteiger partial charge < -0.3 is 0 Å². The molecule has 0 amide bonds. The van der Waals surface area contributed by atoms with Crippen LogP contribution < -0.4 is 0 Å². The summed E-state index contributed by atoms with van der Waals surface area (Å²) in [5.41, 5.74) is 3.51.